The van der Waals surface area contributed by atoms with Crippen LogP contribution in [0.25, 0.3) is 0 Å². The first-order valence-electron chi connectivity index (χ1n) is 5.61. The lowest BCUT2D eigenvalue weighted by Crippen LogP contribution is -2.14. The number of ether oxygens (including phenoxy) is 1. The van der Waals surface area contributed by atoms with Gasteiger partial charge >= 0.3 is 5.97 Å². The number of hydrogen-bond donors (Lipinski definition) is 1. The molecule has 1 saturated carbocycles. The highest BCUT2D eigenvalue weighted by atomic mass is 16.5. The molecule has 1 aromatic carbocycles. The molecule has 17 heavy (non-hydrogen) atoms. The summed E-state index contributed by atoms with van der Waals surface area (Å²) in [5.41, 5.74) is 1.08. The predicted octanol–water partition coefficient (Wildman–Crippen LogP) is 2.07. The molecule has 1 amide bonds. The van der Waals surface area contributed by atoms with Gasteiger partial charge in [-0.15, -0.1) is 0 Å². The Labute approximate surface area is 100.0 Å². The van der Waals surface area contributed by atoms with Crippen molar-refractivity contribution < 1.29 is 14.3 Å². The Morgan fingerprint density at radius 1 is 1.41 bits per heavy atom. The van der Waals surface area contributed by atoms with E-state index in [0.717, 1.165) is 6.42 Å². The molecule has 4 nitrogen and oxygen atoms in total. The van der Waals surface area contributed by atoms with Crippen molar-refractivity contribution in [2.24, 2.45) is 11.8 Å². The maximum atomic E-state index is 11.7. The van der Waals surface area contributed by atoms with Gasteiger partial charge in [0.2, 0.25) is 5.91 Å². The van der Waals surface area contributed by atoms with Gasteiger partial charge in [0, 0.05) is 11.6 Å². The standard InChI is InChI=1S/C13H15NO3/c1-8-6-11(8)12(15)14-10-5-3-4-9(7-10)13(16)17-2/h3-5,7-8,11H,6H2,1-2H3,(H,14,15). The van der Waals surface area contributed by atoms with Gasteiger partial charge in [0.15, 0.2) is 0 Å². The van der Waals surface area contributed by atoms with E-state index < -0.39 is 5.97 Å². The number of amides is 1. The van der Waals surface area contributed by atoms with Gasteiger partial charge in [-0.1, -0.05) is 13.0 Å². The van der Waals surface area contributed by atoms with E-state index in [9.17, 15) is 9.59 Å². The Kier molecular flexibility index (Phi) is 3.13. The van der Waals surface area contributed by atoms with Gasteiger partial charge in [0.1, 0.15) is 0 Å². The second-order valence-electron chi connectivity index (χ2n) is 4.38. The van der Waals surface area contributed by atoms with Crippen LogP contribution in [-0.4, -0.2) is 19.0 Å². The largest absolute Gasteiger partial charge is 0.465 e. The highest BCUT2D eigenvalue weighted by Gasteiger charge is 2.39. The van der Waals surface area contributed by atoms with E-state index in [4.69, 9.17) is 0 Å². The minimum Gasteiger partial charge on any atom is -0.465 e. The topological polar surface area (TPSA) is 55.4 Å². The Balaban J connectivity index is 2.06. The summed E-state index contributed by atoms with van der Waals surface area (Å²) in [6, 6.07) is 6.76. The Morgan fingerprint density at radius 3 is 2.71 bits per heavy atom. The van der Waals surface area contributed by atoms with E-state index in [1.165, 1.54) is 7.11 Å². The van der Waals surface area contributed by atoms with Crippen LogP contribution in [0, 0.1) is 11.8 Å². The molecule has 0 aliphatic heterocycles. The van der Waals surface area contributed by atoms with Crippen LogP contribution in [0.15, 0.2) is 24.3 Å². The Hall–Kier alpha value is -1.84. The SMILES string of the molecule is COC(=O)c1cccc(NC(=O)C2CC2C)c1. The van der Waals surface area contributed by atoms with Crippen LogP contribution >= 0.6 is 0 Å². The Morgan fingerprint density at radius 2 is 2.12 bits per heavy atom. The zero-order valence-corrected chi connectivity index (χ0v) is 9.90. The highest BCUT2D eigenvalue weighted by Crippen LogP contribution is 2.38. The summed E-state index contributed by atoms with van der Waals surface area (Å²) in [6.45, 7) is 2.05. The van der Waals surface area contributed by atoms with Gasteiger partial charge in [-0.25, -0.2) is 4.79 Å². The van der Waals surface area contributed by atoms with E-state index in [2.05, 4.69) is 17.0 Å². The molecule has 0 spiro atoms. The summed E-state index contributed by atoms with van der Waals surface area (Å²) in [5, 5.41) is 2.81. The number of nitrogens with one attached hydrogen (secondary N) is 1. The van der Waals surface area contributed by atoms with Crippen LogP contribution in [0.4, 0.5) is 5.69 Å². The molecule has 0 saturated heterocycles. The number of esters is 1. The average molecular weight is 233 g/mol. The van der Waals surface area contributed by atoms with Crippen molar-refractivity contribution in [3.05, 3.63) is 29.8 Å². The van der Waals surface area contributed by atoms with Crippen LogP contribution in [0.5, 0.6) is 0 Å². The van der Waals surface area contributed by atoms with Gasteiger partial charge in [-0.05, 0) is 30.5 Å². The van der Waals surface area contributed by atoms with Crippen LogP contribution in [-0.2, 0) is 9.53 Å². The van der Waals surface area contributed by atoms with Crippen molar-refractivity contribution in [3.63, 3.8) is 0 Å². The second kappa shape index (κ2) is 4.57. The van der Waals surface area contributed by atoms with Crippen LogP contribution in [0.3, 0.4) is 0 Å². The molecule has 2 atom stereocenters. The zero-order valence-electron chi connectivity index (χ0n) is 9.90. The number of anilines is 1. The molecular weight excluding hydrogens is 218 g/mol. The molecule has 1 fully saturated rings. The predicted molar refractivity (Wildman–Crippen MR) is 63.7 cm³/mol. The van der Waals surface area contributed by atoms with E-state index in [0.29, 0.717) is 17.2 Å². The summed E-state index contributed by atoms with van der Waals surface area (Å²) in [4.78, 5) is 23.0. The lowest BCUT2D eigenvalue weighted by molar-refractivity contribution is -0.117. The molecule has 2 rings (SSSR count). The molecule has 1 aromatic rings. The third-order valence-electron chi connectivity index (χ3n) is 3.00. The van der Waals surface area contributed by atoms with Gasteiger partial charge in [0.05, 0.1) is 12.7 Å². The molecule has 0 aromatic heterocycles. The van der Waals surface area contributed by atoms with Crippen LogP contribution < -0.4 is 5.32 Å². The summed E-state index contributed by atoms with van der Waals surface area (Å²) in [5.74, 6) is 0.218. The van der Waals surface area contributed by atoms with Crippen LogP contribution in [0.1, 0.15) is 23.7 Å². The van der Waals surface area contributed by atoms with E-state index in [1.807, 2.05) is 0 Å². The monoisotopic (exact) mass is 233 g/mol. The number of carbonyl (C=O) groups is 2. The number of benzene rings is 1. The molecular formula is C13H15NO3. The first-order chi connectivity index (χ1) is 8.11. The molecule has 0 radical (unpaired) electrons. The molecule has 90 valence electrons. The molecule has 0 bridgehead atoms. The van der Waals surface area contributed by atoms with Crippen LogP contribution in [0.2, 0.25) is 0 Å². The third kappa shape index (κ3) is 2.64. The fourth-order valence-corrected chi connectivity index (χ4v) is 1.76. The number of hydrogen-bond acceptors (Lipinski definition) is 3. The quantitative estimate of drug-likeness (QED) is 0.813. The van der Waals surface area contributed by atoms with E-state index in [-0.39, 0.29) is 11.8 Å². The number of carbonyl (C=O) groups excluding carboxylic acids is 2. The average Bonchev–Trinajstić information content (AvgIpc) is 3.06. The number of methoxy groups -OCH3 is 1. The minimum absolute atomic E-state index is 0.0273. The maximum Gasteiger partial charge on any atom is 0.337 e. The van der Waals surface area contributed by atoms with Gasteiger partial charge in [0.25, 0.3) is 0 Å². The second-order valence-corrected chi connectivity index (χ2v) is 4.38. The van der Waals surface area contributed by atoms with Crippen molar-refractivity contribution in [2.45, 2.75) is 13.3 Å². The molecule has 1 aliphatic carbocycles. The first-order valence-corrected chi connectivity index (χ1v) is 5.61. The summed E-state index contributed by atoms with van der Waals surface area (Å²) in [6.07, 6.45) is 0.947. The third-order valence-corrected chi connectivity index (χ3v) is 3.00. The fraction of sp³-hybridized carbons (Fsp3) is 0.385. The van der Waals surface area contributed by atoms with Crippen molar-refractivity contribution in [1.29, 1.82) is 0 Å². The van der Waals surface area contributed by atoms with Gasteiger partial charge in [-0.2, -0.15) is 0 Å². The van der Waals surface area contributed by atoms with Crippen molar-refractivity contribution in [1.82, 2.24) is 0 Å². The highest BCUT2D eigenvalue weighted by molar-refractivity contribution is 5.96. The Bertz CT molecular complexity index is 456. The zero-order chi connectivity index (χ0) is 12.4. The molecule has 1 aliphatic rings. The maximum absolute atomic E-state index is 11.7. The molecule has 4 heteroatoms. The fourth-order valence-electron chi connectivity index (χ4n) is 1.76. The van der Waals surface area contributed by atoms with E-state index in [1.54, 1.807) is 24.3 Å². The number of rotatable bonds is 3. The van der Waals surface area contributed by atoms with Crippen molar-refractivity contribution in [3.8, 4) is 0 Å². The van der Waals surface area contributed by atoms with Crippen molar-refractivity contribution >= 4 is 17.6 Å². The molecule has 1 N–H and O–H groups in total. The smallest absolute Gasteiger partial charge is 0.337 e. The summed E-state index contributed by atoms with van der Waals surface area (Å²) in [7, 11) is 1.33. The normalized spacial score (nSPS) is 21.8. The molecule has 2 unspecified atom stereocenters. The lowest BCUT2D eigenvalue weighted by atomic mass is 10.2. The van der Waals surface area contributed by atoms with Crippen molar-refractivity contribution in [2.75, 3.05) is 12.4 Å². The van der Waals surface area contributed by atoms with E-state index >= 15 is 0 Å². The summed E-state index contributed by atoms with van der Waals surface area (Å²) >= 11 is 0. The minimum atomic E-state index is -0.402. The molecule has 0 heterocycles. The lowest BCUT2D eigenvalue weighted by Gasteiger charge is -2.06. The first kappa shape index (κ1) is 11.6. The summed E-state index contributed by atoms with van der Waals surface area (Å²) < 4.78 is 4.62. The van der Waals surface area contributed by atoms with Gasteiger partial charge in [-0.3, -0.25) is 4.79 Å². The van der Waals surface area contributed by atoms with Gasteiger partial charge < -0.3 is 10.1 Å².